The average molecular weight is 378 g/mol. The van der Waals surface area contributed by atoms with Gasteiger partial charge in [-0.1, -0.05) is 87.0 Å². The van der Waals surface area contributed by atoms with Crippen LogP contribution < -0.4 is 5.32 Å². The van der Waals surface area contributed by atoms with E-state index in [1.54, 1.807) is 5.57 Å². The molecule has 1 unspecified atom stereocenters. The lowest BCUT2D eigenvalue weighted by molar-refractivity contribution is 0.566. The van der Waals surface area contributed by atoms with Gasteiger partial charge in [0.15, 0.2) is 0 Å². The Balaban J connectivity index is 1.41. The molecule has 1 N–H and O–H groups in total. The molecule has 0 aromatic heterocycles. The molecule has 2 aliphatic carbocycles. The number of rotatable bonds is 3. The topological polar surface area (TPSA) is 12.0 Å². The first kappa shape index (κ1) is 18.0. The number of benzene rings is 3. The van der Waals surface area contributed by atoms with E-state index in [9.17, 15) is 0 Å². The monoisotopic (exact) mass is 377 g/mol. The quantitative estimate of drug-likeness (QED) is 0.492. The number of fused-ring (bicyclic) bond motifs is 2. The molecule has 0 amide bonds. The Morgan fingerprint density at radius 3 is 2.28 bits per heavy atom. The zero-order valence-corrected chi connectivity index (χ0v) is 17.4. The summed E-state index contributed by atoms with van der Waals surface area (Å²) in [5, 5.41) is 3.60. The molecular formula is C28H27N. The van der Waals surface area contributed by atoms with Crippen LogP contribution in [0.2, 0.25) is 0 Å². The van der Waals surface area contributed by atoms with Crippen LogP contribution in [0.3, 0.4) is 0 Å². The van der Waals surface area contributed by atoms with Crippen LogP contribution in [0.25, 0.3) is 16.7 Å². The van der Waals surface area contributed by atoms with Crippen LogP contribution in [-0.2, 0) is 5.41 Å². The normalized spacial score (nSPS) is 19.1. The van der Waals surface area contributed by atoms with Gasteiger partial charge in [0.25, 0.3) is 0 Å². The van der Waals surface area contributed by atoms with Crippen molar-refractivity contribution in [2.45, 2.75) is 32.6 Å². The van der Waals surface area contributed by atoms with Crippen LogP contribution in [0, 0.1) is 5.92 Å². The van der Waals surface area contributed by atoms with E-state index in [2.05, 4.69) is 111 Å². The van der Waals surface area contributed by atoms with E-state index in [0.717, 1.165) is 17.8 Å². The van der Waals surface area contributed by atoms with E-state index in [0.29, 0.717) is 5.92 Å². The Labute approximate surface area is 173 Å². The summed E-state index contributed by atoms with van der Waals surface area (Å²) in [6.45, 7) is 7.06. The Kier molecular flexibility index (Phi) is 4.20. The molecule has 3 aromatic rings. The molecule has 0 bridgehead atoms. The standard InChI is InChI=1S/C28H27N/c1-19-9-15-24-25-16-14-23(18-27(25)28(2,3)26(24)17-19)29-22-12-10-21(11-13-22)20-7-5-4-6-8-20/h4-16,18-19,29H,17H2,1-3H3. The Bertz CT molecular complexity index is 1110. The second-order valence-electron chi connectivity index (χ2n) is 8.89. The first-order valence-electron chi connectivity index (χ1n) is 10.5. The minimum atomic E-state index is 0.0958. The molecule has 0 radical (unpaired) electrons. The molecule has 0 spiro atoms. The molecule has 0 heterocycles. The SMILES string of the molecule is CC1C=CC2=C(C1)C(C)(C)c1cc(Nc3ccc(-c4ccccc4)cc3)ccc12. The van der Waals surface area contributed by atoms with Crippen molar-refractivity contribution in [3.05, 3.63) is 102 Å². The van der Waals surface area contributed by atoms with Gasteiger partial charge >= 0.3 is 0 Å². The number of hydrogen-bond donors (Lipinski definition) is 1. The average Bonchev–Trinajstić information content (AvgIpc) is 2.96. The zero-order valence-electron chi connectivity index (χ0n) is 17.4. The lowest BCUT2D eigenvalue weighted by atomic mass is 9.76. The highest BCUT2D eigenvalue weighted by molar-refractivity contribution is 5.88. The van der Waals surface area contributed by atoms with Crippen LogP contribution in [0.4, 0.5) is 11.4 Å². The maximum absolute atomic E-state index is 3.60. The van der Waals surface area contributed by atoms with Crippen LogP contribution in [0.15, 0.2) is 90.5 Å². The summed E-state index contributed by atoms with van der Waals surface area (Å²) in [5.41, 5.74) is 10.7. The minimum absolute atomic E-state index is 0.0958. The number of allylic oxidation sites excluding steroid dienone is 4. The molecule has 29 heavy (non-hydrogen) atoms. The van der Waals surface area contributed by atoms with Crippen LogP contribution in [-0.4, -0.2) is 0 Å². The van der Waals surface area contributed by atoms with Gasteiger partial charge in [-0.3, -0.25) is 0 Å². The summed E-state index contributed by atoms with van der Waals surface area (Å²) in [6.07, 6.45) is 5.86. The third-order valence-electron chi connectivity index (χ3n) is 6.46. The van der Waals surface area contributed by atoms with E-state index in [1.165, 1.54) is 27.8 Å². The summed E-state index contributed by atoms with van der Waals surface area (Å²) in [7, 11) is 0. The van der Waals surface area contributed by atoms with E-state index in [4.69, 9.17) is 0 Å². The molecule has 0 saturated heterocycles. The van der Waals surface area contributed by atoms with Crippen LogP contribution >= 0.6 is 0 Å². The van der Waals surface area contributed by atoms with Gasteiger partial charge in [0.1, 0.15) is 0 Å². The van der Waals surface area contributed by atoms with E-state index in [1.807, 2.05) is 0 Å². The second-order valence-corrected chi connectivity index (χ2v) is 8.89. The van der Waals surface area contributed by atoms with Crippen molar-refractivity contribution < 1.29 is 0 Å². The molecule has 3 aromatic carbocycles. The van der Waals surface area contributed by atoms with Gasteiger partial charge in [0.2, 0.25) is 0 Å². The predicted molar refractivity (Wildman–Crippen MR) is 124 cm³/mol. The fraction of sp³-hybridized carbons (Fsp3) is 0.214. The highest BCUT2D eigenvalue weighted by Crippen LogP contribution is 2.51. The number of nitrogens with one attached hydrogen (secondary N) is 1. The maximum atomic E-state index is 3.60. The molecule has 0 aliphatic heterocycles. The van der Waals surface area contributed by atoms with E-state index >= 15 is 0 Å². The lowest BCUT2D eigenvalue weighted by Gasteiger charge is -2.28. The molecule has 0 fully saturated rings. The molecule has 144 valence electrons. The van der Waals surface area contributed by atoms with Gasteiger partial charge in [-0.15, -0.1) is 0 Å². The highest BCUT2D eigenvalue weighted by Gasteiger charge is 2.38. The first-order valence-corrected chi connectivity index (χ1v) is 10.5. The Morgan fingerprint density at radius 2 is 1.52 bits per heavy atom. The summed E-state index contributed by atoms with van der Waals surface area (Å²) in [5.74, 6) is 0.628. The number of anilines is 2. The zero-order chi connectivity index (χ0) is 20.0. The third kappa shape index (κ3) is 3.11. The molecule has 0 saturated carbocycles. The van der Waals surface area contributed by atoms with Crippen LogP contribution in [0.1, 0.15) is 38.3 Å². The molecule has 1 heteroatoms. The fourth-order valence-electron chi connectivity index (χ4n) is 4.79. The Hall–Kier alpha value is -3.06. The third-order valence-corrected chi connectivity index (χ3v) is 6.46. The van der Waals surface area contributed by atoms with Gasteiger partial charge < -0.3 is 5.32 Å². The maximum Gasteiger partial charge on any atom is 0.0387 e. The lowest BCUT2D eigenvalue weighted by Crippen LogP contribution is -2.19. The summed E-state index contributed by atoms with van der Waals surface area (Å²) < 4.78 is 0. The van der Waals surface area contributed by atoms with Gasteiger partial charge in [-0.25, -0.2) is 0 Å². The fourth-order valence-corrected chi connectivity index (χ4v) is 4.79. The summed E-state index contributed by atoms with van der Waals surface area (Å²) in [6, 6.07) is 26.0. The van der Waals surface area contributed by atoms with Crippen molar-refractivity contribution in [3.63, 3.8) is 0 Å². The summed E-state index contributed by atoms with van der Waals surface area (Å²) in [4.78, 5) is 0. The summed E-state index contributed by atoms with van der Waals surface area (Å²) >= 11 is 0. The van der Waals surface area contributed by atoms with Crippen molar-refractivity contribution in [1.82, 2.24) is 0 Å². The first-order chi connectivity index (χ1) is 14.0. The van der Waals surface area contributed by atoms with Crippen molar-refractivity contribution >= 4 is 16.9 Å². The van der Waals surface area contributed by atoms with E-state index < -0.39 is 0 Å². The largest absolute Gasteiger partial charge is 0.356 e. The second kappa shape index (κ2) is 6.77. The molecule has 1 atom stereocenters. The predicted octanol–water partition coefficient (Wildman–Crippen LogP) is 7.74. The van der Waals surface area contributed by atoms with Crippen LogP contribution in [0.5, 0.6) is 0 Å². The van der Waals surface area contributed by atoms with Gasteiger partial charge in [-0.05, 0) is 64.4 Å². The van der Waals surface area contributed by atoms with Gasteiger partial charge in [0, 0.05) is 16.8 Å². The highest BCUT2D eigenvalue weighted by atomic mass is 14.9. The van der Waals surface area contributed by atoms with Crippen molar-refractivity contribution in [2.75, 3.05) is 5.32 Å². The molecule has 2 aliphatic rings. The van der Waals surface area contributed by atoms with Crippen molar-refractivity contribution in [3.8, 4) is 11.1 Å². The van der Waals surface area contributed by atoms with Gasteiger partial charge in [-0.2, -0.15) is 0 Å². The molecular weight excluding hydrogens is 350 g/mol. The minimum Gasteiger partial charge on any atom is -0.356 e. The van der Waals surface area contributed by atoms with E-state index in [-0.39, 0.29) is 5.41 Å². The number of hydrogen-bond acceptors (Lipinski definition) is 1. The Morgan fingerprint density at radius 1 is 0.828 bits per heavy atom. The molecule has 1 nitrogen and oxygen atoms in total. The smallest absolute Gasteiger partial charge is 0.0387 e. The van der Waals surface area contributed by atoms with Crippen molar-refractivity contribution in [1.29, 1.82) is 0 Å². The molecule has 5 rings (SSSR count). The van der Waals surface area contributed by atoms with Crippen molar-refractivity contribution in [2.24, 2.45) is 5.92 Å². The van der Waals surface area contributed by atoms with Gasteiger partial charge in [0.05, 0.1) is 0 Å².